The van der Waals surface area contributed by atoms with Crippen LogP contribution in [0.1, 0.15) is 23.2 Å². The van der Waals surface area contributed by atoms with E-state index in [9.17, 15) is 8.78 Å². The van der Waals surface area contributed by atoms with Crippen molar-refractivity contribution in [2.24, 2.45) is 11.5 Å². The monoisotopic (exact) mass is 316 g/mol. The lowest BCUT2D eigenvalue weighted by Gasteiger charge is -2.22. The molecule has 2 nitrogen and oxygen atoms in total. The van der Waals surface area contributed by atoms with Crippen molar-refractivity contribution in [3.8, 4) is 0 Å². The number of halogens is 4. The predicted molar refractivity (Wildman–Crippen MR) is 76.7 cm³/mol. The molecule has 2 unspecified atom stereocenters. The zero-order valence-electron chi connectivity index (χ0n) is 10.3. The molecule has 2 aromatic carbocycles. The number of benzene rings is 2. The van der Waals surface area contributed by atoms with Crippen molar-refractivity contribution < 1.29 is 8.78 Å². The van der Waals surface area contributed by atoms with E-state index in [4.69, 9.17) is 34.7 Å². The summed E-state index contributed by atoms with van der Waals surface area (Å²) in [4.78, 5) is 0. The van der Waals surface area contributed by atoms with Crippen LogP contribution >= 0.6 is 23.2 Å². The standard InChI is InChI=1S/C14H12Cl2F2N2/c15-7-1-3-11(17)9(5-7)13(19)14(20)10-6-8(16)2-4-12(10)18/h1-6,13-14H,19-20H2. The fourth-order valence-electron chi connectivity index (χ4n) is 1.93. The SMILES string of the molecule is NC(c1cc(Cl)ccc1F)C(N)c1cc(Cl)ccc1F. The fourth-order valence-corrected chi connectivity index (χ4v) is 2.29. The molecular formula is C14H12Cl2F2N2. The van der Waals surface area contributed by atoms with E-state index < -0.39 is 23.7 Å². The molecule has 0 radical (unpaired) electrons. The Morgan fingerprint density at radius 2 is 1.10 bits per heavy atom. The van der Waals surface area contributed by atoms with Gasteiger partial charge in [-0.1, -0.05) is 23.2 Å². The molecule has 0 aliphatic rings. The minimum absolute atomic E-state index is 0.129. The van der Waals surface area contributed by atoms with Crippen LogP contribution in [0.2, 0.25) is 10.0 Å². The third kappa shape index (κ3) is 3.10. The summed E-state index contributed by atoms with van der Waals surface area (Å²) in [5.74, 6) is -1.08. The zero-order chi connectivity index (χ0) is 14.9. The molecule has 20 heavy (non-hydrogen) atoms. The van der Waals surface area contributed by atoms with E-state index in [2.05, 4.69) is 0 Å². The molecular weight excluding hydrogens is 305 g/mol. The van der Waals surface area contributed by atoms with Crippen molar-refractivity contribution in [3.05, 3.63) is 69.2 Å². The molecule has 0 aromatic heterocycles. The summed E-state index contributed by atoms with van der Waals surface area (Å²) in [7, 11) is 0. The topological polar surface area (TPSA) is 52.0 Å². The highest BCUT2D eigenvalue weighted by Crippen LogP contribution is 2.30. The lowest BCUT2D eigenvalue weighted by atomic mass is 9.94. The van der Waals surface area contributed by atoms with E-state index in [-0.39, 0.29) is 11.1 Å². The summed E-state index contributed by atoms with van der Waals surface area (Å²) >= 11 is 11.6. The molecule has 106 valence electrons. The van der Waals surface area contributed by atoms with Gasteiger partial charge >= 0.3 is 0 Å². The molecule has 0 spiro atoms. The number of hydrogen-bond donors (Lipinski definition) is 2. The molecule has 0 saturated carbocycles. The Bertz CT molecular complexity index is 579. The van der Waals surface area contributed by atoms with Gasteiger partial charge in [0.05, 0.1) is 12.1 Å². The Hall–Kier alpha value is -1.20. The lowest BCUT2D eigenvalue weighted by molar-refractivity contribution is 0.502. The Labute approximate surface area is 125 Å². The Morgan fingerprint density at radius 3 is 1.45 bits per heavy atom. The predicted octanol–water partition coefficient (Wildman–Crippen LogP) is 3.97. The van der Waals surface area contributed by atoms with Crippen LogP contribution in [-0.4, -0.2) is 0 Å². The van der Waals surface area contributed by atoms with E-state index in [1.54, 1.807) is 0 Å². The van der Waals surface area contributed by atoms with Crippen LogP contribution < -0.4 is 11.5 Å². The van der Waals surface area contributed by atoms with Gasteiger partial charge in [0.2, 0.25) is 0 Å². The highest BCUT2D eigenvalue weighted by Gasteiger charge is 2.23. The number of rotatable bonds is 3. The van der Waals surface area contributed by atoms with E-state index in [1.807, 2.05) is 0 Å². The summed E-state index contributed by atoms with van der Waals surface area (Å²) in [6.45, 7) is 0. The van der Waals surface area contributed by atoms with Crippen LogP contribution in [0.4, 0.5) is 8.78 Å². The summed E-state index contributed by atoms with van der Waals surface area (Å²) in [6, 6.07) is 6.06. The van der Waals surface area contributed by atoms with Crippen molar-refractivity contribution in [1.29, 1.82) is 0 Å². The first-order valence-corrected chi connectivity index (χ1v) is 6.57. The summed E-state index contributed by atoms with van der Waals surface area (Å²) < 4.78 is 27.5. The number of hydrogen-bond acceptors (Lipinski definition) is 2. The molecule has 0 aliphatic carbocycles. The molecule has 0 aliphatic heterocycles. The molecule has 2 rings (SSSR count). The van der Waals surface area contributed by atoms with Gasteiger partial charge in [0.25, 0.3) is 0 Å². The summed E-state index contributed by atoms with van der Waals surface area (Å²) in [5, 5.41) is 0.659. The van der Waals surface area contributed by atoms with Gasteiger partial charge in [-0.25, -0.2) is 8.78 Å². The fraction of sp³-hybridized carbons (Fsp3) is 0.143. The van der Waals surface area contributed by atoms with Gasteiger partial charge in [0.1, 0.15) is 11.6 Å². The van der Waals surface area contributed by atoms with Crippen LogP contribution in [0.15, 0.2) is 36.4 Å². The van der Waals surface area contributed by atoms with Crippen LogP contribution in [-0.2, 0) is 0 Å². The molecule has 0 fully saturated rings. The molecule has 0 amide bonds. The lowest BCUT2D eigenvalue weighted by Crippen LogP contribution is -2.28. The smallest absolute Gasteiger partial charge is 0.128 e. The molecule has 0 heterocycles. The summed E-state index contributed by atoms with van der Waals surface area (Å²) in [6.07, 6.45) is 0. The Balaban J connectivity index is 2.39. The second kappa shape index (κ2) is 6.06. The quantitative estimate of drug-likeness (QED) is 0.900. The van der Waals surface area contributed by atoms with Gasteiger partial charge in [0.15, 0.2) is 0 Å². The molecule has 0 bridgehead atoms. The highest BCUT2D eigenvalue weighted by molar-refractivity contribution is 6.30. The van der Waals surface area contributed by atoms with Gasteiger partial charge < -0.3 is 11.5 Å². The van der Waals surface area contributed by atoms with Crippen molar-refractivity contribution in [2.45, 2.75) is 12.1 Å². The van der Waals surface area contributed by atoms with Crippen molar-refractivity contribution >= 4 is 23.2 Å². The molecule has 4 N–H and O–H groups in total. The Kier molecular flexibility index (Phi) is 4.60. The maximum Gasteiger partial charge on any atom is 0.128 e. The van der Waals surface area contributed by atoms with E-state index >= 15 is 0 Å². The third-order valence-electron chi connectivity index (χ3n) is 3.02. The average Bonchev–Trinajstić information content (AvgIpc) is 2.42. The maximum absolute atomic E-state index is 13.8. The molecule has 2 atom stereocenters. The van der Waals surface area contributed by atoms with Crippen LogP contribution in [0.3, 0.4) is 0 Å². The van der Waals surface area contributed by atoms with Gasteiger partial charge in [0, 0.05) is 21.2 Å². The zero-order valence-corrected chi connectivity index (χ0v) is 11.8. The summed E-state index contributed by atoms with van der Waals surface area (Å²) in [5.41, 5.74) is 12.1. The Morgan fingerprint density at radius 1 is 0.750 bits per heavy atom. The molecule has 0 saturated heterocycles. The second-order valence-corrected chi connectivity index (χ2v) is 5.26. The average molecular weight is 317 g/mol. The largest absolute Gasteiger partial charge is 0.322 e. The van der Waals surface area contributed by atoms with Crippen LogP contribution in [0.25, 0.3) is 0 Å². The van der Waals surface area contributed by atoms with Crippen LogP contribution in [0.5, 0.6) is 0 Å². The number of nitrogens with two attached hydrogens (primary N) is 2. The van der Waals surface area contributed by atoms with Gasteiger partial charge in [-0.15, -0.1) is 0 Å². The second-order valence-electron chi connectivity index (χ2n) is 4.38. The van der Waals surface area contributed by atoms with Crippen molar-refractivity contribution in [2.75, 3.05) is 0 Å². The first-order valence-electron chi connectivity index (χ1n) is 5.81. The van der Waals surface area contributed by atoms with E-state index in [0.29, 0.717) is 10.0 Å². The van der Waals surface area contributed by atoms with Crippen LogP contribution in [0, 0.1) is 11.6 Å². The van der Waals surface area contributed by atoms with Gasteiger partial charge in [-0.05, 0) is 36.4 Å². The maximum atomic E-state index is 13.8. The van der Waals surface area contributed by atoms with E-state index in [0.717, 1.165) is 0 Å². The minimum Gasteiger partial charge on any atom is -0.322 e. The first-order chi connectivity index (χ1) is 9.40. The first kappa shape index (κ1) is 15.2. The third-order valence-corrected chi connectivity index (χ3v) is 3.49. The van der Waals surface area contributed by atoms with Gasteiger partial charge in [-0.3, -0.25) is 0 Å². The van der Waals surface area contributed by atoms with E-state index in [1.165, 1.54) is 36.4 Å². The normalized spacial score (nSPS) is 14.1. The molecule has 6 heteroatoms. The van der Waals surface area contributed by atoms with Crippen molar-refractivity contribution in [1.82, 2.24) is 0 Å². The molecule has 2 aromatic rings. The highest BCUT2D eigenvalue weighted by atomic mass is 35.5. The van der Waals surface area contributed by atoms with Gasteiger partial charge in [-0.2, -0.15) is 0 Å². The minimum atomic E-state index is -0.943. The van der Waals surface area contributed by atoms with Crippen molar-refractivity contribution in [3.63, 3.8) is 0 Å².